The first kappa shape index (κ1) is 12.2. The average Bonchev–Trinajstić information content (AvgIpc) is 2.81. The molecule has 2 aromatic rings. The van der Waals surface area contributed by atoms with Crippen LogP contribution in [0.4, 0.5) is 8.78 Å². The molecule has 94 valence electrons. The summed E-state index contributed by atoms with van der Waals surface area (Å²) in [5, 5.41) is 3.56. The largest absolute Gasteiger partial charge is 0.469 e. The molecule has 1 aromatic carbocycles. The zero-order chi connectivity index (χ0) is 13.1. The maximum atomic E-state index is 13.0. The molecular formula is C11H8F2N2O3. The molecule has 18 heavy (non-hydrogen) atoms. The molecule has 0 fully saturated rings. The van der Waals surface area contributed by atoms with Crippen LogP contribution in [0.5, 0.6) is 0 Å². The minimum atomic E-state index is -1.01. The van der Waals surface area contributed by atoms with Gasteiger partial charge < -0.3 is 9.26 Å². The number of rotatable bonds is 3. The second-order valence-electron chi connectivity index (χ2n) is 3.39. The topological polar surface area (TPSA) is 65.2 Å². The Hall–Kier alpha value is -2.31. The van der Waals surface area contributed by atoms with Crippen molar-refractivity contribution in [2.45, 2.75) is 6.42 Å². The number of hydrogen-bond acceptors (Lipinski definition) is 5. The second-order valence-corrected chi connectivity index (χ2v) is 3.39. The summed E-state index contributed by atoms with van der Waals surface area (Å²) in [5.41, 5.74) is 0.258. The van der Waals surface area contributed by atoms with Crippen LogP contribution in [0.15, 0.2) is 22.7 Å². The van der Waals surface area contributed by atoms with Gasteiger partial charge in [0.05, 0.1) is 7.11 Å². The van der Waals surface area contributed by atoms with Gasteiger partial charge in [0.25, 0.3) is 0 Å². The number of halogens is 2. The lowest BCUT2D eigenvalue weighted by Crippen LogP contribution is -2.04. The molecule has 0 unspecified atom stereocenters. The molecule has 0 N–H and O–H groups in total. The fourth-order valence-corrected chi connectivity index (χ4v) is 1.27. The highest BCUT2D eigenvalue weighted by molar-refractivity contribution is 5.71. The van der Waals surface area contributed by atoms with E-state index in [1.807, 2.05) is 0 Å². The Balaban J connectivity index is 2.23. The van der Waals surface area contributed by atoms with Crippen LogP contribution in [-0.2, 0) is 16.0 Å². The smallest absolute Gasteiger partial charge is 0.315 e. The molecule has 0 amide bonds. The molecule has 0 saturated heterocycles. The predicted octanol–water partition coefficient (Wildman–Crippen LogP) is 1.73. The lowest BCUT2D eigenvalue weighted by molar-refractivity contribution is -0.140. The quantitative estimate of drug-likeness (QED) is 0.780. The average molecular weight is 254 g/mol. The van der Waals surface area contributed by atoms with E-state index in [1.165, 1.54) is 13.2 Å². The molecular weight excluding hydrogens is 246 g/mol. The minimum absolute atomic E-state index is 0.0431. The van der Waals surface area contributed by atoms with Crippen molar-refractivity contribution < 1.29 is 22.8 Å². The van der Waals surface area contributed by atoms with E-state index in [4.69, 9.17) is 4.52 Å². The summed E-state index contributed by atoms with van der Waals surface area (Å²) in [6.45, 7) is 0. The molecule has 0 radical (unpaired) electrons. The van der Waals surface area contributed by atoms with Crippen LogP contribution < -0.4 is 0 Å². The summed E-state index contributed by atoms with van der Waals surface area (Å²) < 4.78 is 34.9. The number of carbonyl (C=O) groups is 1. The Bertz CT molecular complexity index is 583. The van der Waals surface area contributed by atoms with Gasteiger partial charge in [0.2, 0.25) is 11.7 Å². The number of esters is 1. The zero-order valence-electron chi connectivity index (χ0n) is 9.31. The monoisotopic (exact) mass is 254 g/mol. The van der Waals surface area contributed by atoms with Crippen LogP contribution in [0.2, 0.25) is 0 Å². The summed E-state index contributed by atoms with van der Waals surface area (Å²) in [6, 6.07) is 3.22. The first-order valence-corrected chi connectivity index (χ1v) is 4.95. The van der Waals surface area contributed by atoms with E-state index in [0.717, 1.165) is 12.1 Å². The predicted molar refractivity (Wildman–Crippen MR) is 55.4 cm³/mol. The van der Waals surface area contributed by atoms with Crippen molar-refractivity contribution in [2.24, 2.45) is 0 Å². The van der Waals surface area contributed by atoms with Gasteiger partial charge in [-0.15, -0.1) is 0 Å². The Morgan fingerprint density at radius 1 is 1.39 bits per heavy atom. The highest BCUT2D eigenvalue weighted by Gasteiger charge is 2.14. The third kappa shape index (κ3) is 2.50. The van der Waals surface area contributed by atoms with Crippen molar-refractivity contribution in [3.05, 3.63) is 35.7 Å². The van der Waals surface area contributed by atoms with Gasteiger partial charge in [-0.25, -0.2) is 8.78 Å². The standard InChI is InChI=1S/C11H8F2N2O3/c1-17-10(16)5-9-14-11(15-18-9)6-2-3-7(12)8(13)4-6/h2-4H,5H2,1H3. The van der Waals surface area contributed by atoms with Gasteiger partial charge in [-0.2, -0.15) is 4.98 Å². The van der Waals surface area contributed by atoms with Gasteiger partial charge in [-0.1, -0.05) is 5.16 Å². The number of nitrogens with zero attached hydrogens (tertiary/aromatic N) is 2. The molecule has 1 aromatic heterocycles. The van der Waals surface area contributed by atoms with Gasteiger partial charge in [-0.3, -0.25) is 4.79 Å². The van der Waals surface area contributed by atoms with Crippen LogP contribution in [0.1, 0.15) is 5.89 Å². The number of ether oxygens (including phenoxy) is 1. The van der Waals surface area contributed by atoms with Gasteiger partial charge in [0.1, 0.15) is 6.42 Å². The van der Waals surface area contributed by atoms with E-state index in [2.05, 4.69) is 14.9 Å². The minimum Gasteiger partial charge on any atom is -0.469 e. The summed E-state index contributed by atoms with van der Waals surface area (Å²) in [7, 11) is 1.23. The molecule has 7 heteroatoms. The molecule has 0 aliphatic heterocycles. The van der Waals surface area contributed by atoms with Crippen LogP contribution in [0.3, 0.4) is 0 Å². The molecule has 2 rings (SSSR count). The van der Waals surface area contributed by atoms with Crippen molar-refractivity contribution in [3.8, 4) is 11.4 Å². The van der Waals surface area contributed by atoms with Crippen molar-refractivity contribution >= 4 is 5.97 Å². The van der Waals surface area contributed by atoms with Gasteiger partial charge in [0, 0.05) is 5.56 Å². The van der Waals surface area contributed by atoms with Gasteiger partial charge in [0.15, 0.2) is 11.6 Å². The first-order chi connectivity index (χ1) is 8.60. The van der Waals surface area contributed by atoms with E-state index in [9.17, 15) is 13.6 Å². The molecule has 1 heterocycles. The Labute approximate surface area is 100 Å². The van der Waals surface area contributed by atoms with Gasteiger partial charge in [-0.05, 0) is 18.2 Å². The van der Waals surface area contributed by atoms with E-state index in [0.29, 0.717) is 0 Å². The summed E-state index contributed by atoms with van der Waals surface area (Å²) >= 11 is 0. The Morgan fingerprint density at radius 2 is 2.17 bits per heavy atom. The summed E-state index contributed by atoms with van der Waals surface area (Å²) in [5.74, 6) is -2.38. The maximum Gasteiger partial charge on any atom is 0.315 e. The molecule has 0 atom stereocenters. The Morgan fingerprint density at radius 3 is 2.83 bits per heavy atom. The van der Waals surface area contributed by atoms with E-state index < -0.39 is 17.6 Å². The molecule has 0 aliphatic rings. The van der Waals surface area contributed by atoms with Crippen LogP contribution in [-0.4, -0.2) is 23.2 Å². The van der Waals surface area contributed by atoms with Crippen molar-refractivity contribution in [3.63, 3.8) is 0 Å². The number of carbonyl (C=O) groups excluding carboxylic acids is 1. The van der Waals surface area contributed by atoms with Crippen LogP contribution in [0, 0.1) is 11.6 Å². The highest BCUT2D eigenvalue weighted by atomic mass is 19.2. The highest BCUT2D eigenvalue weighted by Crippen LogP contribution is 2.18. The molecule has 5 nitrogen and oxygen atoms in total. The number of benzene rings is 1. The number of hydrogen-bond donors (Lipinski definition) is 0. The molecule has 0 aliphatic carbocycles. The maximum absolute atomic E-state index is 13.0. The fourth-order valence-electron chi connectivity index (χ4n) is 1.27. The van der Waals surface area contributed by atoms with Crippen LogP contribution in [0.25, 0.3) is 11.4 Å². The van der Waals surface area contributed by atoms with E-state index in [-0.39, 0.29) is 23.7 Å². The molecule has 0 bridgehead atoms. The third-order valence-electron chi connectivity index (χ3n) is 2.17. The third-order valence-corrected chi connectivity index (χ3v) is 2.17. The SMILES string of the molecule is COC(=O)Cc1nc(-c2ccc(F)c(F)c2)no1. The number of methoxy groups -OCH3 is 1. The van der Waals surface area contributed by atoms with E-state index in [1.54, 1.807) is 0 Å². The normalized spacial score (nSPS) is 10.4. The summed E-state index contributed by atoms with van der Waals surface area (Å²) in [6.07, 6.45) is -0.173. The molecule has 0 spiro atoms. The van der Waals surface area contributed by atoms with Crippen LogP contribution >= 0.6 is 0 Å². The molecule has 0 saturated carbocycles. The first-order valence-electron chi connectivity index (χ1n) is 4.95. The van der Waals surface area contributed by atoms with Gasteiger partial charge >= 0.3 is 5.97 Å². The fraction of sp³-hybridized carbons (Fsp3) is 0.182. The van der Waals surface area contributed by atoms with E-state index >= 15 is 0 Å². The van der Waals surface area contributed by atoms with Crippen molar-refractivity contribution in [2.75, 3.05) is 7.11 Å². The summed E-state index contributed by atoms with van der Waals surface area (Å²) in [4.78, 5) is 14.8. The second kappa shape index (κ2) is 4.91. The zero-order valence-corrected chi connectivity index (χ0v) is 9.31. The number of aromatic nitrogens is 2. The lowest BCUT2D eigenvalue weighted by Gasteiger charge is -1.95. The Kier molecular flexibility index (Phi) is 3.31. The van der Waals surface area contributed by atoms with Crippen molar-refractivity contribution in [1.82, 2.24) is 10.1 Å². The lowest BCUT2D eigenvalue weighted by atomic mass is 10.2. The van der Waals surface area contributed by atoms with Crippen molar-refractivity contribution in [1.29, 1.82) is 0 Å².